The first-order valence-electron chi connectivity index (χ1n) is 8.00. The van der Waals surface area contributed by atoms with Gasteiger partial charge in [-0.3, -0.25) is 4.79 Å². The standard InChI is InChI=1S/C20H17FN2O3/c21-16-6-9-18(10-7-16)26-20-11-8-17(12-22-20)23-19(24)14-25-13-15-4-2-1-3-5-15/h1-12H,13-14H2,(H,23,24). The van der Waals surface area contributed by atoms with Crippen molar-refractivity contribution in [1.29, 1.82) is 0 Å². The van der Waals surface area contributed by atoms with Crippen molar-refractivity contribution in [2.75, 3.05) is 11.9 Å². The van der Waals surface area contributed by atoms with Gasteiger partial charge in [-0.1, -0.05) is 30.3 Å². The van der Waals surface area contributed by atoms with E-state index in [9.17, 15) is 9.18 Å². The number of hydrogen-bond donors (Lipinski definition) is 1. The van der Waals surface area contributed by atoms with Crippen LogP contribution in [0, 0.1) is 5.82 Å². The normalized spacial score (nSPS) is 10.3. The molecule has 1 heterocycles. The van der Waals surface area contributed by atoms with Crippen molar-refractivity contribution in [3.05, 3.63) is 84.3 Å². The van der Waals surface area contributed by atoms with Gasteiger partial charge in [0.15, 0.2) is 0 Å². The average Bonchev–Trinajstić information content (AvgIpc) is 2.66. The number of benzene rings is 2. The van der Waals surface area contributed by atoms with Gasteiger partial charge in [0.1, 0.15) is 18.2 Å². The predicted molar refractivity (Wildman–Crippen MR) is 95.4 cm³/mol. The van der Waals surface area contributed by atoms with Crippen LogP contribution in [0.5, 0.6) is 11.6 Å². The van der Waals surface area contributed by atoms with Gasteiger partial charge < -0.3 is 14.8 Å². The van der Waals surface area contributed by atoms with Crippen molar-refractivity contribution in [3.8, 4) is 11.6 Å². The zero-order valence-electron chi connectivity index (χ0n) is 13.9. The Morgan fingerprint density at radius 2 is 1.77 bits per heavy atom. The van der Waals surface area contributed by atoms with Crippen LogP contribution in [-0.4, -0.2) is 17.5 Å². The summed E-state index contributed by atoms with van der Waals surface area (Å²) >= 11 is 0. The number of ether oxygens (including phenoxy) is 2. The Bertz CT molecular complexity index is 837. The summed E-state index contributed by atoms with van der Waals surface area (Å²) in [5.41, 5.74) is 1.54. The van der Waals surface area contributed by atoms with Gasteiger partial charge in [-0.2, -0.15) is 0 Å². The van der Waals surface area contributed by atoms with Crippen LogP contribution in [0.1, 0.15) is 5.56 Å². The van der Waals surface area contributed by atoms with E-state index < -0.39 is 0 Å². The molecule has 0 aliphatic rings. The smallest absolute Gasteiger partial charge is 0.250 e. The van der Waals surface area contributed by atoms with E-state index in [1.807, 2.05) is 30.3 Å². The van der Waals surface area contributed by atoms with Gasteiger partial charge in [0.25, 0.3) is 0 Å². The molecule has 1 N–H and O–H groups in total. The third kappa shape index (κ3) is 5.39. The molecule has 0 radical (unpaired) electrons. The summed E-state index contributed by atoms with van der Waals surface area (Å²) in [4.78, 5) is 16.0. The predicted octanol–water partition coefficient (Wildman–Crippen LogP) is 4.17. The molecular weight excluding hydrogens is 335 g/mol. The van der Waals surface area contributed by atoms with Gasteiger partial charge in [-0.05, 0) is 35.9 Å². The number of carbonyl (C=O) groups excluding carboxylic acids is 1. The van der Waals surface area contributed by atoms with Crippen LogP contribution in [-0.2, 0) is 16.1 Å². The van der Waals surface area contributed by atoms with E-state index in [0.717, 1.165) is 5.56 Å². The molecule has 0 saturated heterocycles. The molecule has 3 rings (SSSR count). The molecule has 132 valence electrons. The maximum atomic E-state index is 12.9. The second-order valence-electron chi connectivity index (χ2n) is 5.47. The largest absolute Gasteiger partial charge is 0.439 e. The Morgan fingerprint density at radius 3 is 2.46 bits per heavy atom. The average molecular weight is 352 g/mol. The van der Waals surface area contributed by atoms with E-state index in [0.29, 0.717) is 23.9 Å². The summed E-state index contributed by atoms with van der Waals surface area (Å²) in [7, 11) is 0. The van der Waals surface area contributed by atoms with Crippen molar-refractivity contribution in [3.63, 3.8) is 0 Å². The SMILES string of the molecule is O=C(COCc1ccccc1)Nc1ccc(Oc2ccc(F)cc2)nc1. The van der Waals surface area contributed by atoms with Crippen molar-refractivity contribution in [1.82, 2.24) is 4.98 Å². The number of anilines is 1. The van der Waals surface area contributed by atoms with E-state index >= 15 is 0 Å². The van der Waals surface area contributed by atoms with Crippen LogP contribution < -0.4 is 10.1 Å². The zero-order chi connectivity index (χ0) is 18.2. The lowest BCUT2D eigenvalue weighted by Gasteiger charge is -2.08. The second kappa shape index (κ2) is 8.73. The van der Waals surface area contributed by atoms with E-state index in [1.165, 1.54) is 30.5 Å². The highest BCUT2D eigenvalue weighted by Crippen LogP contribution is 2.20. The number of pyridine rings is 1. The van der Waals surface area contributed by atoms with E-state index in [-0.39, 0.29) is 18.3 Å². The third-order valence-electron chi connectivity index (χ3n) is 3.40. The fourth-order valence-corrected chi connectivity index (χ4v) is 2.17. The van der Waals surface area contributed by atoms with E-state index in [2.05, 4.69) is 10.3 Å². The Balaban J connectivity index is 1.46. The summed E-state index contributed by atoms with van der Waals surface area (Å²) in [6.07, 6.45) is 1.48. The lowest BCUT2D eigenvalue weighted by molar-refractivity contribution is -0.121. The molecule has 6 heteroatoms. The maximum absolute atomic E-state index is 12.9. The van der Waals surface area contributed by atoms with Gasteiger partial charge in [0.2, 0.25) is 11.8 Å². The fourth-order valence-electron chi connectivity index (χ4n) is 2.17. The quantitative estimate of drug-likeness (QED) is 0.693. The van der Waals surface area contributed by atoms with Crippen molar-refractivity contribution in [2.24, 2.45) is 0 Å². The first-order chi connectivity index (χ1) is 12.7. The molecule has 26 heavy (non-hydrogen) atoms. The summed E-state index contributed by atoms with van der Waals surface area (Å²) in [5.74, 6) is 0.215. The van der Waals surface area contributed by atoms with Crippen molar-refractivity contribution in [2.45, 2.75) is 6.61 Å². The van der Waals surface area contributed by atoms with Crippen LogP contribution in [0.4, 0.5) is 10.1 Å². The van der Waals surface area contributed by atoms with Crippen LogP contribution in [0.15, 0.2) is 72.9 Å². The lowest BCUT2D eigenvalue weighted by Crippen LogP contribution is -2.18. The summed E-state index contributed by atoms with van der Waals surface area (Å²) in [6.45, 7) is 0.319. The Labute approximate surface area is 150 Å². The van der Waals surface area contributed by atoms with E-state index in [1.54, 1.807) is 12.1 Å². The van der Waals surface area contributed by atoms with Crippen molar-refractivity contribution < 1.29 is 18.7 Å². The molecule has 0 bridgehead atoms. The molecule has 0 spiro atoms. The Kier molecular flexibility index (Phi) is 5.90. The van der Waals surface area contributed by atoms with Crippen LogP contribution in [0.3, 0.4) is 0 Å². The van der Waals surface area contributed by atoms with Crippen LogP contribution in [0.2, 0.25) is 0 Å². The number of carbonyl (C=O) groups is 1. The van der Waals surface area contributed by atoms with Gasteiger partial charge in [-0.15, -0.1) is 0 Å². The summed E-state index contributed by atoms with van der Waals surface area (Å²) in [5, 5.41) is 2.70. The number of rotatable bonds is 7. The molecule has 1 amide bonds. The molecule has 5 nitrogen and oxygen atoms in total. The van der Waals surface area contributed by atoms with Crippen LogP contribution >= 0.6 is 0 Å². The number of aromatic nitrogens is 1. The van der Waals surface area contributed by atoms with E-state index in [4.69, 9.17) is 9.47 Å². The van der Waals surface area contributed by atoms with Gasteiger partial charge in [-0.25, -0.2) is 9.37 Å². The monoisotopic (exact) mass is 352 g/mol. The summed E-state index contributed by atoms with van der Waals surface area (Å²) in [6, 6.07) is 18.5. The molecule has 0 atom stereocenters. The number of hydrogen-bond acceptors (Lipinski definition) is 4. The molecule has 0 aliphatic carbocycles. The molecule has 0 saturated carbocycles. The van der Waals surface area contributed by atoms with Gasteiger partial charge in [0, 0.05) is 6.07 Å². The minimum atomic E-state index is -0.335. The van der Waals surface area contributed by atoms with Crippen molar-refractivity contribution >= 4 is 11.6 Å². The maximum Gasteiger partial charge on any atom is 0.250 e. The number of amides is 1. The van der Waals surface area contributed by atoms with Crippen LogP contribution in [0.25, 0.3) is 0 Å². The highest BCUT2D eigenvalue weighted by molar-refractivity contribution is 5.91. The zero-order valence-corrected chi connectivity index (χ0v) is 13.9. The topological polar surface area (TPSA) is 60.5 Å². The second-order valence-corrected chi connectivity index (χ2v) is 5.47. The molecular formula is C20H17FN2O3. The Morgan fingerprint density at radius 1 is 1.00 bits per heavy atom. The first kappa shape index (κ1) is 17.6. The van der Waals surface area contributed by atoms with Gasteiger partial charge in [0.05, 0.1) is 18.5 Å². The molecule has 0 aliphatic heterocycles. The molecule has 2 aromatic carbocycles. The molecule has 3 aromatic rings. The fraction of sp³-hybridized carbons (Fsp3) is 0.100. The first-order valence-corrected chi connectivity index (χ1v) is 8.00. The lowest BCUT2D eigenvalue weighted by atomic mass is 10.2. The minimum Gasteiger partial charge on any atom is -0.439 e. The number of halogens is 1. The highest BCUT2D eigenvalue weighted by Gasteiger charge is 2.05. The molecule has 0 unspecified atom stereocenters. The Hall–Kier alpha value is -3.25. The van der Waals surface area contributed by atoms with Gasteiger partial charge >= 0.3 is 0 Å². The third-order valence-corrected chi connectivity index (χ3v) is 3.40. The minimum absolute atomic E-state index is 0.0529. The molecule has 1 aromatic heterocycles. The summed E-state index contributed by atoms with van der Waals surface area (Å²) < 4.78 is 23.7. The highest BCUT2D eigenvalue weighted by atomic mass is 19.1. The molecule has 0 fully saturated rings. The number of nitrogens with zero attached hydrogens (tertiary/aromatic N) is 1. The number of nitrogens with one attached hydrogen (secondary N) is 1.